The Kier molecular flexibility index (Phi) is 5.05. The first-order chi connectivity index (χ1) is 14.8. The Morgan fingerprint density at radius 3 is 2.61 bits per heavy atom. The average Bonchev–Trinajstić information content (AvgIpc) is 3.36. The van der Waals surface area contributed by atoms with Crippen LogP contribution in [0.3, 0.4) is 0 Å². The van der Waals surface area contributed by atoms with E-state index in [9.17, 15) is 9.90 Å². The zero-order valence-electron chi connectivity index (χ0n) is 17.9. The summed E-state index contributed by atoms with van der Waals surface area (Å²) in [6.45, 7) is 7.17. The molecule has 164 valence electrons. The second-order valence-electron chi connectivity index (χ2n) is 9.17. The van der Waals surface area contributed by atoms with Gasteiger partial charge in [0.1, 0.15) is 16.4 Å². The number of thiazole rings is 2. The van der Waals surface area contributed by atoms with Crippen LogP contribution in [-0.4, -0.2) is 56.8 Å². The number of hydrogen-bond donors (Lipinski definition) is 1. The maximum Gasteiger partial charge on any atom is 0.410 e. The highest BCUT2D eigenvalue weighted by Gasteiger charge is 2.42. The molecule has 1 N–H and O–H groups in total. The number of aromatic nitrogens is 2. The van der Waals surface area contributed by atoms with E-state index >= 15 is 0 Å². The lowest BCUT2D eigenvalue weighted by Crippen LogP contribution is -2.63. The van der Waals surface area contributed by atoms with Crippen molar-refractivity contribution in [2.75, 3.05) is 18.0 Å². The number of aromatic hydroxyl groups is 1. The number of piperidine rings is 1. The van der Waals surface area contributed by atoms with E-state index in [2.05, 4.69) is 9.88 Å². The molecule has 2 unspecified atom stereocenters. The van der Waals surface area contributed by atoms with Crippen LogP contribution in [0.1, 0.15) is 40.0 Å². The van der Waals surface area contributed by atoms with Gasteiger partial charge in [-0.3, -0.25) is 4.90 Å². The fourth-order valence-electron chi connectivity index (χ4n) is 4.52. The normalized spacial score (nSPS) is 21.5. The first-order valence-electron chi connectivity index (χ1n) is 10.6. The van der Waals surface area contributed by atoms with Gasteiger partial charge < -0.3 is 14.7 Å². The van der Waals surface area contributed by atoms with Gasteiger partial charge in [-0.25, -0.2) is 14.8 Å². The van der Waals surface area contributed by atoms with E-state index in [0.29, 0.717) is 0 Å². The zero-order chi connectivity index (χ0) is 21.8. The van der Waals surface area contributed by atoms with Gasteiger partial charge in [0.25, 0.3) is 0 Å². The lowest BCUT2D eigenvalue weighted by molar-refractivity contribution is -0.00969. The molecule has 1 aromatic carbocycles. The molecule has 2 bridgehead atoms. The number of carbonyl (C=O) groups is 1. The standard InChI is InChI=1S/C22H26N4O3S2/c1-22(2,3)29-21(28)26-13-5-4-6-14(26)12-25(11-13)20-24-17-15(19-23-9-10-30-19)7-8-16(27)18(17)31-20/h7-10,13-14,27H,4-6,11-12H2,1-3H3. The number of anilines is 1. The van der Waals surface area contributed by atoms with Crippen molar-refractivity contribution in [1.82, 2.24) is 14.9 Å². The molecule has 0 saturated carbocycles. The number of phenols is 1. The van der Waals surface area contributed by atoms with Gasteiger partial charge in [0, 0.05) is 30.2 Å². The molecule has 3 aromatic rings. The van der Waals surface area contributed by atoms with Gasteiger partial charge in [-0.2, -0.15) is 0 Å². The fourth-order valence-corrected chi connectivity index (χ4v) is 6.21. The predicted molar refractivity (Wildman–Crippen MR) is 124 cm³/mol. The summed E-state index contributed by atoms with van der Waals surface area (Å²) in [5, 5.41) is 14.2. The molecule has 2 saturated heterocycles. The predicted octanol–water partition coefficient (Wildman–Crippen LogP) is 5.10. The zero-order valence-corrected chi connectivity index (χ0v) is 19.5. The first-order valence-corrected chi connectivity index (χ1v) is 12.3. The second kappa shape index (κ2) is 7.63. The SMILES string of the molecule is CC(C)(C)OC(=O)N1C2CCCC1CN(c1nc3c(-c4nccs4)ccc(O)c3s1)C2. The maximum atomic E-state index is 12.9. The number of phenolic OH excluding ortho intramolecular Hbond substituents is 1. The Bertz CT molecular complexity index is 1090. The van der Waals surface area contributed by atoms with Crippen LogP contribution in [-0.2, 0) is 4.74 Å². The van der Waals surface area contributed by atoms with Gasteiger partial charge in [0.05, 0.1) is 22.3 Å². The van der Waals surface area contributed by atoms with Crippen LogP contribution >= 0.6 is 22.7 Å². The molecular formula is C22H26N4O3S2. The van der Waals surface area contributed by atoms with Crippen molar-refractivity contribution >= 4 is 44.1 Å². The maximum absolute atomic E-state index is 12.9. The molecule has 2 atom stereocenters. The third-order valence-corrected chi connectivity index (χ3v) is 7.72. The number of fused-ring (bicyclic) bond motifs is 3. The van der Waals surface area contributed by atoms with E-state index in [1.165, 1.54) is 11.3 Å². The number of rotatable bonds is 2. The van der Waals surface area contributed by atoms with E-state index < -0.39 is 5.60 Å². The molecule has 0 radical (unpaired) electrons. The molecule has 2 aliphatic heterocycles. The summed E-state index contributed by atoms with van der Waals surface area (Å²) >= 11 is 3.07. The van der Waals surface area contributed by atoms with Crippen molar-refractivity contribution in [1.29, 1.82) is 0 Å². The summed E-state index contributed by atoms with van der Waals surface area (Å²) in [5.74, 6) is 0.242. The van der Waals surface area contributed by atoms with Crippen LogP contribution in [0.2, 0.25) is 0 Å². The topological polar surface area (TPSA) is 78.8 Å². The third kappa shape index (κ3) is 3.85. The number of carbonyl (C=O) groups excluding carboxylic acids is 1. The van der Waals surface area contributed by atoms with Crippen molar-refractivity contribution in [2.45, 2.75) is 57.7 Å². The molecule has 5 rings (SSSR count). The van der Waals surface area contributed by atoms with Crippen LogP contribution in [0.4, 0.5) is 9.93 Å². The van der Waals surface area contributed by atoms with Crippen LogP contribution in [0.5, 0.6) is 5.75 Å². The van der Waals surface area contributed by atoms with Crippen molar-refractivity contribution in [3.05, 3.63) is 23.7 Å². The minimum Gasteiger partial charge on any atom is -0.506 e. The summed E-state index contributed by atoms with van der Waals surface area (Å²) in [6.07, 6.45) is 4.62. The largest absolute Gasteiger partial charge is 0.506 e. The molecular weight excluding hydrogens is 432 g/mol. The summed E-state index contributed by atoms with van der Waals surface area (Å²) in [7, 11) is 0. The van der Waals surface area contributed by atoms with Crippen molar-refractivity contribution in [2.24, 2.45) is 0 Å². The summed E-state index contributed by atoms with van der Waals surface area (Å²) < 4.78 is 6.47. The minimum atomic E-state index is -0.501. The summed E-state index contributed by atoms with van der Waals surface area (Å²) in [6, 6.07) is 3.83. The Morgan fingerprint density at radius 2 is 1.97 bits per heavy atom. The first kappa shape index (κ1) is 20.5. The number of hydrogen-bond acceptors (Lipinski definition) is 8. The molecule has 9 heteroatoms. The molecule has 1 amide bonds. The highest BCUT2D eigenvalue weighted by atomic mass is 32.1. The van der Waals surface area contributed by atoms with Crippen molar-refractivity contribution in [3.63, 3.8) is 0 Å². The van der Waals surface area contributed by atoms with Crippen LogP contribution in [0, 0.1) is 0 Å². The molecule has 7 nitrogen and oxygen atoms in total. The summed E-state index contributed by atoms with van der Waals surface area (Å²) in [4.78, 5) is 26.4. The third-order valence-electron chi connectivity index (χ3n) is 5.77. The van der Waals surface area contributed by atoms with Gasteiger partial charge in [-0.05, 0) is 52.2 Å². The number of benzene rings is 1. The lowest BCUT2D eigenvalue weighted by atomic mass is 9.92. The summed E-state index contributed by atoms with van der Waals surface area (Å²) in [5.41, 5.74) is 1.23. The number of nitrogens with zero attached hydrogens (tertiary/aromatic N) is 4. The lowest BCUT2D eigenvalue weighted by Gasteiger charge is -2.49. The average molecular weight is 459 g/mol. The van der Waals surface area contributed by atoms with Crippen molar-refractivity contribution in [3.8, 4) is 16.3 Å². The van der Waals surface area contributed by atoms with Crippen LogP contribution in [0.25, 0.3) is 20.8 Å². The van der Waals surface area contributed by atoms with E-state index in [4.69, 9.17) is 9.72 Å². The molecule has 2 aromatic heterocycles. The monoisotopic (exact) mass is 458 g/mol. The quantitative estimate of drug-likeness (QED) is 0.575. The van der Waals surface area contributed by atoms with E-state index in [-0.39, 0.29) is 23.9 Å². The van der Waals surface area contributed by atoms with Crippen molar-refractivity contribution < 1.29 is 14.6 Å². The molecule has 0 spiro atoms. The molecule has 2 aliphatic rings. The smallest absolute Gasteiger partial charge is 0.410 e. The Balaban J connectivity index is 1.45. The highest BCUT2D eigenvalue weighted by Crippen LogP contribution is 2.42. The van der Waals surface area contributed by atoms with Crippen LogP contribution < -0.4 is 4.90 Å². The number of ether oxygens (including phenoxy) is 1. The van der Waals surface area contributed by atoms with Gasteiger partial charge in [-0.1, -0.05) is 11.3 Å². The highest BCUT2D eigenvalue weighted by molar-refractivity contribution is 7.22. The van der Waals surface area contributed by atoms with Gasteiger partial charge >= 0.3 is 6.09 Å². The number of piperazine rings is 1. The molecule has 31 heavy (non-hydrogen) atoms. The van der Waals surface area contributed by atoms with Gasteiger partial charge in [0.15, 0.2) is 5.13 Å². The van der Waals surface area contributed by atoms with Gasteiger partial charge in [0.2, 0.25) is 0 Å². The second-order valence-corrected chi connectivity index (χ2v) is 11.0. The molecule has 2 fully saturated rings. The van der Waals surface area contributed by atoms with Gasteiger partial charge in [-0.15, -0.1) is 11.3 Å². The Hall–Kier alpha value is -2.39. The van der Waals surface area contributed by atoms with E-state index in [0.717, 1.165) is 58.3 Å². The Labute approximate surface area is 189 Å². The fraction of sp³-hybridized carbons (Fsp3) is 0.500. The Morgan fingerprint density at radius 1 is 1.23 bits per heavy atom. The molecule has 0 aliphatic carbocycles. The van der Waals surface area contributed by atoms with Crippen LogP contribution in [0.15, 0.2) is 23.7 Å². The van der Waals surface area contributed by atoms with E-state index in [1.54, 1.807) is 23.6 Å². The number of amides is 1. The molecule has 4 heterocycles. The van der Waals surface area contributed by atoms with E-state index in [1.807, 2.05) is 37.1 Å². The minimum absolute atomic E-state index is 0.112.